The van der Waals surface area contributed by atoms with Crippen molar-refractivity contribution in [3.05, 3.63) is 93.0 Å². The molecule has 0 aliphatic heterocycles. The zero-order valence-electron chi connectivity index (χ0n) is 18.2. The molecule has 0 aromatic heterocycles. The molecular weight excluding hydrogens is 459 g/mol. The van der Waals surface area contributed by atoms with E-state index in [9.17, 15) is 10.1 Å². The molecule has 0 radical (unpaired) electrons. The van der Waals surface area contributed by atoms with E-state index in [-0.39, 0.29) is 5.57 Å². The van der Waals surface area contributed by atoms with Crippen LogP contribution in [0.2, 0.25) is 10.0 Å². The van der Waals surface area contributed by atoms with Gasteiger partial charge in [-0.05, 0) is 55.3 Å². The normalized spacial score (nSPS) is 10.9. The van der Waals surface area contributed by atoms with Crippen LogP contribution in [-0.4, -0.2) is 12.5 Å². The maximum atomic E-state index is 12.6. The highest BCUT2D eigenvalue weighted by atomic mass is 35.5. The summed E-state index contributed by atoms with van der Waals surface area (Å²) >= 11 is 12.6. The van der Waals surface area contributed by atoms with Crippen molar-refractivity contribution in [1.82, 2.24) is 0 Å². The number of rotatable bonds is 8. The third-order valence-electron chi connectivity index (χ3n) is 4.63. The van der Waals surface area contributed by atoms with E-state index in [0.717, 1.165) is 11.1 Å². The number of ether oxygens (including phenoxy) is 2. The second kappa shape index (κ2) is 11.4. The third kappa shape index (κ3) is 6.52. The number of hydrogen-bond donors (Lipinski definition) is 1. The number of hydrogen-bond acceptors (Lipinski definition) is 4. The van der Waals surface area contributed by atoms with Crippen LogP contribution in [-0.2, 0) is 11.4 Å². The Kier molecular flexibility index (Phi) is 8.37. The van der Waals surface area contributed by atoms with E-state index in [1.54, 1.807) is 36.4 Å². The van der Waals surface area contributed by atoms with E-state index >= 15 is 0 Å². The molecule has 0 bridgehead atoms. The van der Waals surface area contributed by atoms with Gasteiger partial charge in [0.15, 0.2) is 11.5 Å². The number of amides is 1. The Labute approximate surface area is 203 Å². The van der Waals surface area contributed by atoms with Gasteiger partial charge >= 0.3 is 0 Å². The van der Waals surface area contributed by atoms with E-state index in [1.807, 2.05) is 44.2 Å². The van der Waals surface area contributed by atoms with Crippen molar-refractivity contribution in [3.8, 4) is 17.6 Å². The standard InChI is InChI=1S/C26H22Cl2N2O3/c1-3-32-24-14-19(12-20(15-29)26(31)30-23-7-5-4-6-21(23)27)13-22(28)25(24)33-16-18-10-8-17(2)9-11-18/h4-14H,3,16H2,1-2H3,(H,30,31)/b20-12+. The summed E-state index contributed by atoms with van der Waals surface area (Å²) in [6.07, 6.45) is 1.43. The summed E-state index contributed by atoms with van der Waals surface area (Å²) in [5, 5.41) is 12.9. The van der Waals surface area contributed by atoms with Crippen LogP contribution in [0.5, 0.6) is 11.5 Å². The van der Waals surface area contributed by atoms with Crippen molar-refractivity contribution >= 4 is 40.9 Å². The summed E-state index contributed by atoms with van der Waals surface area (Å²) in [5.41, 5.74) is 2.98. The van der Waals surface area contributed by atoms with Crippen LogP contribution >= 0.6 is 23.2 Å². The fraction of sp³-hybridized carbons (Fsp3) is 0.154. The SMILES string of the molecule is CCOc1cc(/C=C(\C#N)C(=O)Nc2ccccc2Cl)cc(Cl)c1OCc1ccc(C)cc1. The zero-order chi connectivity index (χ0) is 23.8. The number of para-hydroxylation sites is 1. The average Bonchev–Trinajstić information content (AvgIpc) is 2.79. The van der Waals surface area contributed by atoms with Crippen LogP contribution in [0, 0.1) is 18.3 Å². The summed E-state index contributed by atoms with van der Waals surface area (Å²) in [7, 11) is 0. The van der Waals surface area contributed by atoms with Gasteiger partial charge in [-0.3, -0.25) is 4.79 Å². The van der Waals surface area contributed by atoms with Gasteiger partial charge in [0.2, 0.25) is 0 Å². The van der Waals surface area contributed by atoms with E-state index < -0.39 is 5.91 Å². The number of nitriles is 1. The molecule has 7 heteroatoms. The highest BCUT2D eigenvalue weighted by molar-refractivity contribution is 6.34. The average molecular weight is 481 g/mol. The van der Waals surface area contributed by atoms with Crippen molar-refractivity contribution in [3.63, 3.8) is 0 Å². The number of benzene rings is 3. The molecule has 0 aliphatic rings. The Morgan fingerprint density at radius 1 is 1.06 bits per heavy atom. The van der Waals surface area contributed by atoms with Gasteiger partial charge in [-0.2, -0.15) is 5.26 Å². The van der Waals surface area contributed by atoms with Crippen LogP contribution in [0.25, 0.3) is 6.08 Å². The Morgan fingerprint density at radius 2 is 1.79 bits per heavy atom. The summed E-state index contributed by atoms with van der Waals surface area (Å²) in [5.74, 6) is 0.238. The lowest BCUT2D eigenvalue weighted by molar-refractivity contribution is -0.112. The van der Waals surface area contributed by atoms with Crippen LogP contribution in [0.4, 0.5) is 5.69 Å². The van der Waals surface area contributed by atoms with Gasteiger partial charge in [-0.1, -0.05) is 65.2 Å². The topological polar surface area (TPSA) is 71.3 Å². The smallest absolute Gasteiger partial charge is 0.266 e. The number of carbonyl (C=O) groups excluding carboxylic acids is 1. The molecule has 0 saturated carbocycles. The quantitative estimate of drug-likeness (QED) is 0.283. The van der Waals surface area contributed by atoms with Crippen molar-refractivity contribution in [2.24, 2.45) is 0 Å². The number of carbonyl (C=O) groups is 1. The lowest BCUT2D eigenvalue weighted by Gasteiger charge is -2.15. The monoisotopic (exact) mass is 480 g/mol. The largest absolute Gasteiger partial charge is 0.490 e. The van der Waals surface area contributed by atoms with Crippen molar-refractivity contribution in [2.45, 2.75) is 20.5 Å². The molecule has 0 saturated heterocycles. The first-order chi connectivity index (χ1) is 15.9. The molecule has 0 spiro atoms. The van der Waals surface area contributed by atoms with Crippen molar-refractivity contribution < 1.29 is 14.3 Å². The van der Waals surface area contributed by atoms with Crippen molar-refractivity contribution in [2.75, 3.05) is 11.9 Å². The molecule has 33 heavy (non-hydrogen) atoms. The van der Waals surface area contributed by atoms with Crippen LogP contribution in [0.1, 0.15) is 23.6 Å². The zero-order valence-corrected chi connectivity index (χ0v) is 19.7. The molecule has 0 fully saturated rings. The molecule has 3 rings (SSSR count). The van der Waals surface area contributed by atoms with Crippen LogP contribution in [0.15, 0.2) is 66.2 Å². The Morgan fingerprint density at radius 3 is 2.45 bits per heavy atom. The fourth-order valence-corrected chi connectivity index (χ4v) is 3.44. The van der Waals surface area contributed by atoms with E-state index in [1.165, 1.54) is 6.08 Å². The summed E-state index contributed by atoms with van der Waals surface area (Å²) in [6.45, 7) is 4.57. The second-order valence-corrected chi connectivity index (χ2v) is 7.96. The van der Waals surface area contributed by atoms with Gasteiger partial charge < -0.3 is 14.8 Å². The molecule has 168 valence electrons. The lowest BCUT2D eigenvalue weighted by atomic mass is 10.1. The molecule has 0 heterocycles. The van der Waals surface area contributed by atoms with Gasteiger partial charge in [0.05, 0.1) is 22.3 Å². The Hall–Kier alpha value is -3.46. The maximum absolute atomic E-state index is 12.6. The Balaban J connectivity index is 1.85. The first kappa shape index (κ1) is 24.2. The molecule has 0 aliphatic carbocycles. The molecule has 0 unspecified atom stereocenters. The van der Waals surface area contributed by atoms with Gasteiger partial charge in [0.25, 0.3) is 5.91 Å². The predicted molar refractivity (Wildman–Crippen MR) is 132 cm³/mol. The molecule has 1 N–H and O–H groups in total. The predicted octanol–water partition coefficient (Wildman–Crippen LogP) is 6.83. The summed E-state index contributed by atoms with van der Waals surface area (Å²) in [6, 6.07) is 20.0. The van der Waals surface area contributed by atoms with Gasteiger partial charge in [0, 0.05) is 0 Å². The molecule has 5 nitrogen and oxygen atoms in total. The van der Waals surface area contributed by atoms with Gasteiger partial charge in [-0.15, -0.1) is 0 Å². The minimum absolute atomic E-state index is 0.109. The fourth-order valence-electron chi connectivity index (χ4n) is 2.98. The first-order valence-electron chi connectivity index (χ1n) is 10.2. The van der Waals surface area contributed by atoms with Gasteiger partial charge in [0.1, 0.15) is 18.2 Å². The molecule has 0 atom stereocenters. The van der Waals surface area contributed by atoms with Gasteiger partial charge in [-0.25, -0.2) is 0 Å². The minimum Gasteiger partial charge on any atom is -0.490 e. The van der Waals surface area contributed by atoms with Crippen LogP contribution in [0.3, 0.4) is 0 Å². The maximum Gasteiger partial charge on any atom is 0.266 e. The summed E-state index contributed by atoms with van der Waals surface area (Å²) < 4.78 is 11.6. The number of nitrogens with zero attached hydrogens (tertiary/aromatic N) is 1. The number of aryl methyl sites for hydroxylation is 1. The number of nitrogens with one attached hydrogen (secondary N) is 1. The van der Waals surface area contributed by atoms with Crippen molar-refractivity contribution in [1.29, 1.82) is 5.26 Å². The highest BCUT2D eigenvalue weighted by Gasteiger charge is 2.15. The van der Waals surface area contributed by atoms with E-state index in [2.05, 4.69) is 5.32 Å². The molecular formula is C26H22Cl2N2O3. The second-order valence-electron chi connectivity index (χ2n) is 7.14. The summed E-state index contributed by atoms with van der Waals surface area (Å²) in [4.78, 5) is 12.6. The first-order valence-corrected chi connectivity index (χ1v) is 11.0. The minimum atomic E-state index is -0.584. The molecule has 3 aromatic rings. The highest BCUT2D eigenvalue weighted by Crippen LogP contribution is 2.38. The number of anilines is 1. The van der Waals surface area contributed by atoms with Crippen LogP contribution < -0.4 is 14.8 Å². The molecule has 3 aromatic carbocycles. The third-order valence-corrected chi connectivity index (χ3v) is 5.24. The lowest BCUT2D eigenvalue weighted by Crippen LogP contribution is -2.13. The van der Waals surface area contributed by atoms with E-state index in [4.69, 9.17) is 32.7 Å². The Bertz CT molecular complexity index is 1220. The molecule has 1 amide bonds. The number of halogens is 2. The van der Waals surface area contributed by atoms with E-state index in [0.29, 0.717) is 46.0 Å².